The van der Waals surface area contributed by atoms with E-state index in [1.807, 2.05) is 0 Å². The monoisotopic (exact) mass is 327 g/mol. The number of hydrogen-bond acceptors (Lipinski definition) is 3. The predicted molar refractivity (Wildman–Crippen MR) is 74.4 cm³/mol. The Morgan fingerprint density at radius 2 is 2.22 bits per heavy atom. The van der Waals surface area contributed by atoms with Crippen LogP contribution >= 0.6 is 0 Å². The molecule has 1 saturated carbocycles. The van der Waals surface area contributed by atoms with Gasteiger partial charge in [-0.1, -0.05) is 0 Å². The highest BCUT2D eigenvalue weighted by Gasteiger charge is 2.37. The van der Waals surface area contributed by atoms with Gasteiger partial charge in [0.25, 0.3) is 0 Å². The molecule has 0 bridgehead atoms. The van der Waals surface area contributed by atoms with Crippen molar-refractivity contribution < 1.29 is 22.4 Å². The molecule has 5 nitrogen and oxygen atoms in total. The number of aryl methyl sites for hydroxylation is 1. The van der Waals surface area contributed by atoms with Gasteiger partial charge in [0.05, 0.1) is 12.8 Å². The van der Waals surface area contributed by atoms with Crippen LogP contribution in [0.15, 0.2) is 28.9 Å². The molecule has 0 spiro atoms. The SMILES string of the molecule is O=C(CCn1nc(C(F)(F)F)cc1C1CC1)NCc1ccco1. The van der Waals surface area contributed by atoms with Crippen LogP contribution in [-0.2, 0) is 24.1 Å². The largest absolute Gasteiger partial charge is 0.467 e. The fourth-order valence-electron chi connectivity index (χ4n) is 2.35. The standard InChI is InChI=1S/C15H16F3N3O2/c16-15(17,18)13-8-12(10-3-4-10)21(20-13)6-5-14(22)19-9-11-2-1-7-23-11/h1-2,7-8,10H,3-6,9H2,(H,19,22). The van der Waals surface area contributed by atoms with Gasteiger partial charge in [-0.15, -0.1) is 0 Å². The van der Waals surface area contributed by atoms with Gasteiger partial charge in [0.15, 0.2) is 5.69 Å². The molecule has 8 heteroatoms. The molecule has 0 unspecified atom stereocenters. The molecule has 2 aromatic rings. The second-order valence-corrected chi connectivity index (χ2v) is 5.56. The van der Waals surface area contributed by atoms with Gasteiger partial charge in [0.1, 0.15) is 5.76 Å². The Hall–Kier alpha value is -2.25. The van der Waals surface area contributed by atoms with Gasteiger partial charge >= 0.3 is 6.18 Å². The second-order valence-electron chi connectivity index (χ2n) is 5.56. The number of carbonyl (C=O) groups is 1. The van der Waals surface area contributed by atoms with E-state index in [9.17, 15) is 18.0 Å². The molecule has 0 aromatic carbocycles. The summed E-state index contributed by atoms with van der Waals surface area (Å²) in [5.74, 6) is 0.493. The third kappa shape index (κ3) is 3.94. The van der Waals surface area contributed by atoms with Gasteiger partial charge in [0, 0.05) is 24.6 Å². The number of halogens is 3. The fourth-order valence-corrected chi connectivity index (χ4v) is 2.35. The molecule has 1 aliphatic carbocycles. The predicted octanol–water partition coefficient (Wildman–Crippen LogP) is 3.08. The van der Waals surface area contributed by atoms with Gasteiger partial charge in [-0.25, -0.2) is 0 Å². The van der Waals surface area contributed by atoms with Crippen molar-refractivity contribution in [1.29, 1.82) is 0 Å². The average molecular weight is 327 g/mol. The first-order valence-electron chi connectivity index (χ1n) is 7.37. The topological polar surface area (TPSA) is 60.1 Å². The number of furan rings is 1. The van der Waals surface area contributed by atoms with E-state index < -0.39 is 11.9 Å². The zero-order chi connectivity index (χ0) is 16.4. The number of hydrogen-bond donors (Lipinski definition) is 1. The Morgan fingerprint density at radius 3 is 2.83 bits per heavy atom. The Labute approximate surface area is 130 Å². The van der Waals surface area contributed by atoms with E-state index in [1.54, 1.807) is 12.1 Å². The lowest BCUT2D eigenvalue weighted by molar-refractivity contribution is -0.141. The molecule has 0 aliphatic heterocycles. The lowest BCUT2D eigenvalue weighted by Crippen LogP contribution is -2.24. The highest BCUT2D eigenvalue weighted by Crippen LogP contribution is 2.42. The van der Waals surface area contributed by atoms with Crippen LogP contribution in [0.5, 0.6) is 0 Å². The maximum atomic E-state index is 12.8. The molecule has 0 radical (unpaired) electrons. The number of alkyl halides is 3. The lowest BCUT2D eigenvalue weighted by atomic mass is 10.2. The van der Waals surface area contributed by atoms with Crippen LogP contribution in [0, 0.1) is 0 Å². The molecule has 0 atom stereocenters. The fraction of sp³-hybridized carbons (Fsp3) is 0.467. The van der Waals surface area contributed by atoms with Gasteiger partial charge < -0.3 is 9.73 Å². The van der Waals surface area contributed by atoms with Gasteiger partial charge in [-0.3, -0.25) is 9.48 Å². The van der Waals surface area contributed by atoms with Crippen molar-refractivity contribution in [2.75, 3.05) is 0 Å². The van der Waals surface area contributed by atoms with Crippen molar-refractivity contribution >= 4 is 5.91 Å². The Bertz CT molecular complexity index is 673. The van der Waals surface area contributed by atoms with Gasteiger partial charge in [-0.05, 0) is 31.0 Å². The second kappa shape index (κ2) is 6.10. The maximum Gasteiger partial charge on any atom is 0.435 e. The van der Waals surface area contributed by atoms with E-state index in [1.165, 1.54) is 10.9 Å². The molecule has 1 amide bonds. The van der Waals surface area contributed by atoms with E-state index in [4.69, 9.17) is 4.42 Å². The highest BCUT2D eigenvalue weighted by atomic mass is 19.4. The van der Waals surface area contributed by atoms with Crippen molar-refractivity contribution in [3.05, 3.63) is 41.6 Å². The summed E-state index contributed by atoms with van der Waals surface area (Å²) in [5.41, 5.74) is -0.327. The lowest BCUT2D eigenvalue weighted by Gasteiger charge is -2.07. The van der Waals surface area contributed by atoms with Crippen molar-refractivity contribution in [3.63, 3.8) is 0 Å². The van der Waals surface area contributed by atoms with Gasteiger partial charge in [0.2, 0.25) is 5.91 Å². The molecule has 1 N–H and O–H groups in total. The molecule has 2 heterocycles. The van der Waals surface area contributed by atoms with Crippen LogP contribution in [0.1, 0.15) is 42.3 Å². The summed E-state index contributed by atoms with van der Waals surface area (Å²) in [6.45, 7) is 0.389. The van der Waals surface area contributed by atoms with E-state index >= 15 is 0 Å². The average Bonchev–Trinajstić information content (AvgIpc) is 3.02. The molecule has 23 heavy (non-hydrogen) atoms. The van der Waals surface area contributed by atoms with Crippen molar-refractivity contribution in [1.82, 2.24) is 15.1 Å². The highest BCUT2D eigenvalue weighted by molar-refractivity contribution is 5.75. The summed E-state index contributed by atoms with van der Waals surface area (Å²) in [5, 5.41) is 6.28. The summed E-state index contributed by atoms with van der Waals surface area (Å²) in [6, 6.07) is 4.54. The van der Waals surface area contributed by atoms with Crippen LogP contribution in [0.2, 0.25) is 0 Å². The number of carbonyl (C=O) groups excluding carboxylic acids is 1. The number of aromatic nitrogens is 2. The van der Waals surface area contributed by atoms with Crippen molar-refractivity contribution in [2.24, 2.45) is 0 Å². The number of amides is 1. The van der Waals surface area contributed by atoms with E-state index in [-0.39, 0.29) is 31.3 Å². The van der Waals surface area contributed by atoms with Crippen LogP contribution in [0.4, 0.5) is 13.2 Å². The first kappa shape index (κ1) is 15.6. The molecule has 3 rings (SSSR count). The molecule has 1 aliphatic rings. The van der Waals surface area contributed by atoms with Crippen LogP contribution in [0.25, 0.3) is 0 Å². The first-order chi connectivity index (χ1) is 10.9. The molecule has 1 fully saturated rings. The summed E-state index contributed by atoms with van der Waals surface area (Å²) in [6.07, 6.45) is -1.15. The minimum atomic E-state index is -4.46. The Kier molecular flexibility index (Phi) is 4.14. The van der Waals surface area contributed by atoms with Crippen LogP contribution < -0.4 is 5.32 Å². The third-order valence-electron chi connectivity index (χ3n) is 3.69. The van der Waals surface area contributed by atoms with E-state index in [0.29, 0.717) is 11.5 Å². The Morgan fingerprint density at radius 1 is 1.43 bits per heavy atom. The zero-order valence-corrected chi connectivity index (χ0v) is 12.3. The summed E-state index contributed by atoms with van der Waals surface area (Å²) >= 11 is 0. The number of nitrogens with zero attached hydrogens (tertiary/aromatic N) is 2. The van der Waals surface area contributed by atoms with E-state index in [2.05, 4.69) is 10.4 Å². The van der Waals surface area contributed by atoms with Crippen LogP contribution in [-0.4, -0.2) is 15.7 Å². The summed E-state index contributed by atoms with van der Waals surface area (Å²) in [4.78, 5) is 11.8. The normalized spacial score (nSPS) is 14.9. The van der Waals surface area contributed by atoms with Gasteiger partial charge in [-0.2, -0.15) is 18.3 Å². The molecular formula is C15H16F3N3O2. The molecular weight excluding hydrogens is 311 g/mol. The first-order valence-corrected chi connectivity index (χ1v) is 7.37. The molecule has 124 valence electrons. The minimum Gasteiger partial charge on any atom is -0.467 e. The van der Waals surface area contributed by atoms with Crippen molar-refractivity contribution in [3.8, 4) is 0 Å². The van der Waals surface area contributed by atoms with E-state index in [0.717, 1.165) is 18.9 Å². The minimum absolute atomic E-state index is 0.0689. The van der Waals surface area contributed by atoms with Crippen molar-refractivity contribution in [2.45, 2.75) is 44.4 Å². The molecule has 0 saturated heterocycles. The smallest absolute Gasteiger partial charge is 0.435 e. The molecule has 2 aromatic heterocycles. The number of nitrogens with one attached hydrogen (secondary N) is 1. The van der Waals surface area contributed by atoms with Crippen LogP contribution in [0.3, 0.4) is 0 Å². The Balaban J connectivity index is 1.58. The third-order valence-corrected chi connectivity index (χ3v) is 3.69. The summed E-state index contributed by atoms with van der Waals surface area (Å²) in [7, 11) is 0. The quantitative estimate of drug-likeness (QED) is 0.887. The summed E-state index contributed by atoms with van der Waals surface area (Å²) < 4.78 is 44.7. The number of rotatable bonds is 6. The maximum absolute atomic E-state index is 12.8. The zero-order valence-electron chi connectivity index (χ0n) is 12.3.